The normalized spacial score (nSPS) is 23.4. The first-order chi connectivity index (χ1) is 9.52. The highest BCUT2D eigenvalue weighted by atomic mass is 19.1. The summed E-state index contributed by atoms with van der Waals surface area (Å²) in [5, 5.41) is 3.62. The van der Waals surface area contributed by atoms with Gasteiger partial charge >= 0.3 is 0 Å². The number of hydrogen-bond donors (Lipinski definition) is 1. The fourth-order valence-corrected chi connectivity index (χ4v) is 3.09. The predicted molar refractivity (Wildman–Crippen MR) is 83.8 cm³/mol. The standard InChI is InChI=1S/C17H27FN2/c1-5-6-14-11-20(17(10-19-14)12(2)3)16-9-13(4)7-8-15(16)18/h7-9,12,14,17,19H,5-6,10-11H2,1-4H3. The van der Waals surface area contributed by atoms with Crippen molar-refractivity contribution < 1.29 is 4.39 Å². The van der Waals surface area contributed by atoms with Crippen molar-refractivity contribution in [2.45, 2.75) is 52.6 Å². The van der Waals surface area contributed by atoms with E-state index >= 15 is 0 Å². The Balaban J connectivity index is 2.28. The molecule has 1 aliphatic rings. The van der Waals surface area contributed by atoms with Crippen LogP contribution in [0.4, 0.5) is 10.1 Å². The molecule has 20 heavy (non-hydrogen) atoms. The zero-order chi connectivity index (χ0) is 14.7. The molecule has 0 radical (unpaired) electrons. The fraction of sp³-hybridized carbons (Fsp3) is 0.647. The molecule has 1 aromatic rings. The number of anilines is 1. The second-order valence-corrected chi connectivity index (χ2v) is 6.31. The maximum Gasteiger partial charge on any atom is 0.146 e. The van der Waals surface area contributed by atoms with Crippen LogP contribution in [0.25, 0.3) is 0 Å². The van der Waals surface area contributed by atoms with Crippen LogP contribution < -0.4 is 10.2 Å². The summed E-state index contributed by atoms with van der Waals surface area (Å²) in [6, 6.07) is 6.25. The average Bonchev–Trinajstić information content (AvgIpc) is 2.41. The van der Waals surface area contributed by atoms with Crippen LogP contribution in [0.1, 0.15) is 39.2 Å². The van der Waals surface area contributed by atoms with Gasteiger partial charge in [-0.25, -0.2) is 4.39 Å². The van der Waals surface area contributed by atoms with Gasteiger partial charge in [-0.05, 0) is 37.0 Å². The third kappa shape index (κ3) is 3.32. The topological polar surface area (TPSA) is 15.3 Å². The average molecular weight is 278 g/mol. The zero-order valence-electron chi connectivity index (χ0n) is 13.1. The van der Waals surface area contributed by atoms with Crippen molar-refractivity contribution in [2.75, 3.05) is 18.0 Å². The number of nitrogens with zero attached hydrogens (tertiary/aromatic N) is 1. The van der Waals surface area contributed by atoms with Gasteiger partial charge in [0.25, 0.3) is 0 Å². The molecule has 1 heterocycles. The predicted octanol–water partition coefficient (Wildman–Crippen LogP) is 3.74. The molecule has 2 rings (SSSR count). The third-order valence-corrected chi connectivity index (χ3v) is 4.25. The number of benzene rings is 1. The largest absolute Gasteiger partial charge is 0.363 e. The van der Waals surface area contributed by atoms with Crippen molar-refractivity contribution in [1.29, 1.82) is 0 Å². The molecular formula is C17H27FN2. The number of nitrogens with one attached hydrogen (secondary N) is 1. The molecule has 112 valence electrons. The molecule has 0 spiro atoms. The first kappa shape index (κ1) is 15.3. The molecule has 0 aliphatic carbocycles. The lowest BCUT2D eigenvalue weighted by atomic mass is 9.96. The minimum Gasteiger partial charge on any atom is -0.363 e. The van der Waals surface area contributed by atoms with Crippen molar-refractivity contribution in [3.63, 3.8) is 0 Å². The van der Waals surface area contributed by atoms with E-state index in [1.807, 2.05) is 19.1 Å². The van der Waals surface area contributed by atoms with Gasteiger partial charge in [-0.1, -0.05) is 33.3 Å². The van der Waals surface area contributed by atoms with Gasteiger partial charge in [-0.15, -0.1) is 0 Å². The Hall–Kier alpha value is -1.09. The maximum atomic E-state index is 14.2. The van der Waals surface area contributed by atoms with Gasteiger partial charge < -0.3 is 10.2 Å². The number of piperazine rings is 1. The molecule has 1 fully saturated rings. The number of hydrogen-bond acceptors (Lipinski definition) is 2. The van der Waals surface area contributed by atoms with Gasteiger partial charge in [-0.2, -0.15) is 0 Å². The van der Waals surface area contributed by atoms with Crippen LogP contribution in [0, 0.1) is 18.7 Å². The van der Waals surface area contributed by atoms with E-state index in [9.17, 15) is 4.39 Å². The zero-order valence-corrected chi connectivity index (χ0v) is 13.1. The van der Waals surface area contributed by atoms with Crippen LogP contribution in [0.15, 0.2) is 18.2 Å². The molecule has 1 N–H and O–H groups in total. The van der Waals surface area contributed by atoms with Crippen molar-refractivity contribution in [2.24, 2.45) is 5.92 Å². The van der Waals surface area contributed by atoms with E-state index in [0.29, 0.717) is 18.0 Å². The Labute approximate surface area is 122 Å². The molecule has 3 heteroatoms. The SMILES string of the molecule is CCCC1CN(c2cc(C)ccc2F)C(C(C)C)CN1. The lowest BCUT2D eigenvalue weighted by Gasteiger charge is -2.44. The van der Waals surface area contributed by atoms with Crippen molar-refractivity contribution in [1.82, 2.24) is 5.32 Å². The minimum absolute atomic E-state index is 0.0987. The van der Waals surface area contributed by atoms with Crippen LogP contribution in [-0.2, 0) is 0 Å². The van der Waals surface area contributed by atoms with Crippen LogP contribution in [0.3, 0.4) is 0 Å². The summed E-state index contributed by atoms with van der Waals surface area (Å²) in [6.07, 6.45) is 2.31. The molecule has 0 amide bonds. The molecule has 2 unspecified atom stereocenters. The van der Waals surface area contributed by atoms with E-state index < -0.39 is 0 Å². The molecule has 0 saturated carbocycles. The van der Waals surface area contributed by atoms with Crippen LogP contribution in [0.5, 0.6) is 0 Å². The summed E-state index contributed by atoms with van der Waals surface area (Å²) >= 11 is 0. The van der Waals surface area contributed by atoms with Gasteiger partial charge in [0.2, 0.25) is 0 Å². The number of aryl methyl sites for hydroxylation is 1. The first-order valence-corrected chi connectivity index (χ1v) is 7.79. The van der Waals surface area contributed by atoms with Gasteiger partial charge in [0, 0.05) is 25.2 Å². The van der Waals surface area contributed by atoms with E-state index in [2.05, 4.69) is 31.0 Å². The minimum atomic E-state index is -0.0987. The summed E-state index contributed by atoms with van der Waals surface area (Å²) < 4.78 is 14.2. The summed E-state index contributed by atoms with van der Waals surface area (Å²) in [6.45, 7) is 10.5. The summed E-state index contributed by atoms with van der Waals surface area (Å²) in [5.41, 5.74) is 1.89. The highest BCUT2D eigenvalue weighted by Crippen LogP contribution is 2.28. The molecule has 0 bridgehead atoms. The van der Waals surface area contributed by atoms with E-state index in [-0.39, 0.29) is 5.82 Å². The molecule has 1 saturated heterocycles. The summed E-state index contributed by atoms with van der Waals surface area (Å²) in [4.78, 5) is 2.28. The Bertz CT molecular complexity index is 445. The first-order valence-electron chi connectivity index (χ1n) is 7.79. The van der Waals surface area contributed by atoms with Crippen molar-refractivity contribution >= 4 is 5.69 Å². The fourth-order valence-electron chi connectivity index (χ4n) is 3.09. The maximum absolute atomic E-state index is 14.2. The molecule has 1 aromatic carbocycles. The molecule has 2 atom stereocenters. The Kier molecular flexibility index (Phi) is 5.03. The van der Waals surface area contributed by atoms with Crippen molar-refractivity contribution in [3.05, 3.63) is 29.6 Å². The second-order valence-electron chi connectivity index (χ2n) is 6.31. The Morgan fingerprint density at radius 3 is 2.80 bits per heavy atom. The molecule has 1 aliphatic heterocycles. The lowest BCUT2D eigenvalue weighted by molar-refractivity contribution is 0.325. The van der Waals surface area contributed by atoms with Crippen LogP contribution >= 0.6 is 0 Å². The van der Waals surface area contributed by atoms with Gasteiger partial charge in [0.05, 0.1) is 5.69 Å². The van der Waals surface area contributed by atoms with Gasteiger partial charge in [-0.3, -0.25) is 0 Å². The Morgan fingerprint density at radius 2 is 2.15 bits per heavy atom. The summed E-state index contributed by atoms with van der Waals surface area (Å²) in [7, 11) is 0. The smallest absolute Gasteiger partial charge is 0.146 e. The highest BCUT2D eigenvalue weighted by Gasteiger charge is 2.30. The van der Waals surface area contributed by atoms with E-state index in [4.69, 9.17) is 0 Å². The number of halogens is 1. The molecule has 0 aromatic heterocycles. The van der Waals surface area contributed by atoms with Crippen LogP contribution in [0.2, 0.25) is 0 Å². The monoisotopic (exact) mass is 278 g/mol. The summed E-state index contributed by atoms with van der Waals surface area (Å²) in [5.74, 6) is 0.406. The quantitative estimate of drug-likeness (QED) is 0.902. The van der Waals surface area contributed by atoms with Crippen LogP contribution in [-0.4, -0.2) is 25.2 Å². The van der Waals surface area contributed by atoms with E-state index in [1.165, 1.54) is 0 Å². The van der Waals surface area contributed by atoms with Gasteiger partial charge in [0.15, 0.2) is 0 Å². The molecular weight excluding hydrogens is 251 g/mol. The third-order valence-electron chi connectivity index (χ3n) is 4.25. The Morgan fingerprint density at radius 1 is 1.40 bits per heavy atom. The lowest BCUT2D eigenvalue weighted by Crippen LogP contribution is -2.58. The van der Waals surface area contributed by atoms with Gasteiger partial charge in [0.1, 0.15) is 5.82 Å². The van der Waals surface area contributed by atoms with E-state index in [0.717, 1.165) is 37.2 Å². The van der Waals surface area contributed by atoms with Crippen molar-refractivity contribution in [3.8, 4) is 0 Å². The number of rotatable bonds is 4. The molecule has 2 nitrogen and oxygen atoms in total. The highest BCUT2D eigenvalue weighted by molar-refractivity contribution is 5.51. The van der Waals surface area contributed by atoms with E-state index in [1.54, 1.807) is 6.07 Å². The second kappa shape index (κ2) is 6.57.